The highest BCUT2D eigenvalue weighted by Crippen LogP contribution is 2.31. The van der Waals surface area contributed by atoms with Gasteiger partial charge in [0.2, 0.25) is 11.8 Å². The van der Waals surface area contributed by atoms with Crippen molar-refractivity contribution in [2.75, 3.05) is 12.3 Å². The van der Waals surface area contributed by atoms with Crippen LogP contribution in [-0.2, 0) is 16.1 Å². The van der Waals surface area contributed by atoms with Crippen molar-refractivity contribution in [2.45, 2.75) is 45.6 Å². The molecule has 4 nitrogen and oxygen atoms in total. The Balaban J connectivity index is 2.12. The molecule has 0 radical (unpaired) electrons. The Bertz CT molecular complexity index is 793. The molecule has 0 saturated carbocycles. The molecule has 5 heteroatoms. The molecule has 27 heavy (non-hydrogen) atoms. The Labute approximate surface area is 166 Å². The van der Waals surface area contributed by atoms with Gasteiger partial charge in [-0.3, -0.25) is 9.59 Å². The van der Waals surface area contributed by atoms with Crippen LogP contribution in [0.5, 0.6) is 0 Å². The molecule has 0 unspecified atom stereocenters. The van der Waals surface area contributed by atoms with Gasteiger partial charge in [-0.15, -0.1) is 11.8 Å². The van der Waals surface area contributed by atoms with Crippen molar-refractivity contribution in [1.29, 1.82) is 0 Å². The summed E-state index contributed by atoms with van der Waals surface area (Å²) in [6.07, 6.45) is 0.171. The summed E-state index contributed by atoms with van der Waals surface area (Å²) < 4.78 is 0. The number of primary amides is 1. The van der Waals surface area contributed by atoms with Gasteiger partial charge in [0.15, 0.2) is 0 Å². The van der Waals surface area contributed by atoms with E-state index in [1.807, 2.05) is 30.3 Å². The second-order valence-corrected chi connectivity index (χ2v) is 7.88. The first-order valence-corrected chi connectivity index (χ1v) is 10.1. The van der Waals surface area contributed by atoms with Crippen molar-refractivity contribution in [2.24, 2.45) is 5.73 Å². The van der Waals surface area contributed by atoms with Crippen molar-refractivity contribution in [3.63, 3.8) is 0 Å². The normalized spacial score (nSPS) is 10.7. The first-order valence-electron chi connectivity index (χ1n) is 9.09. The van der Waals surface area contributed by atoms with Crippen LogP contribution in [0.3, 0.4) is 0 Å². The van der Waals surface area contributed by atoms with Crippen molar-refractivity contribution in [3.8, 4) is 0 Å². The van der Waals surface area contributed by atoms with Crippen molar-refractivity contribution in [3.05, 3.63) is 64.2 Å². The van der Waals surface area contributed by atoms with Crippen LogP contribution in [0, 0.1) is 27.7 Å². The van der Waals surface area contributed by atoms with Gasteiger partial charge in [-0.25, -0.2) is 0 Å². The standard InChI is InChI=1S/C22H28N2O2S/c1-15-12-16(2)18(4)22(17(15)3)27-14-21(26)24(11-10-20(23)25)13-19-8-6-5-7-9-19/h5-9,12H,10-11,13-14H2,1-4H3,(H2,23,25). The Morgan fingerprint density at radius 2 is 1.59 bits per heavy atom. The van der Waals surface area contributed by atoms with Gasteiger partial charge in [-0.05, 0) is 55.5 Å². The van der Waals surface area contributed by atoms with E-state index in [1.165, 1.54) is 27.1 Å². The lowest BCUT2D eigenvalue weighted by Gasteiger charge is -2.23. The van der Waals surface area contributed by atoms with Crippen LogP contribution in [0.1, 0.15) is 34.2 Å². The SMILES string of the molecule is Cc1cc(C)c(C)c(SCC(=O)N(CCC(N)=O)Cc2ccccc2)c1C. The Kier molecular flexibility index (Phi) is 7.48. The first kappa shape index (κ1) is 21.0. The monoisotopic (exact) mass is 384 g/mol. The predicted octanol–water partition coefficient (Wildman–Crippen LogP) is 3.92. The van der Waals surface area contributed by atoms with Gasteiger partial charge in [0.1, 0.15) is 0 Å². The van der Waals surface area contributed by atoms with E-state index in [2.05, 4.69) is 33.8 Å². The number of hydrogen-bond acceptors (Lipinski definition) is 3. The van der Waals surface area contributed by atoms with Crippen LogP contribution < -0.4 is 5.73 Å². The van der Waals surface area contributed by atoms with E-state index in [1.54, 1.807) is 16.7 Å². The predicted molar refractivity (Wildman–Crippen MR) is 112 cm³/mol. The van der Waals surface area contributed by atoms with Gasteiger partial charge in [-0.2, -0.15) is 0 Å². The van der Waals surface area contributed by atoms with E-state index in [0.29, 0.717) is 18.8 Å². The average Bonchev–Trinajstić information content (AvgIpc) is 2.64. The molecule has 0 saturated heterocycles. The lowest BCUT2D eigenvalue weighted by atomic mass is 10.0. The molecule has 2 rings (SSSR count). The summed E-state index contributed by atoms with van der Waals surface area (Å²) in [6.45, 7) is 9.23. The Morgan fingerprint density at radius 3 is 2.15 bits per heavy atom. The van der Waals surface area contributed by atoms with Gasteiger partial charge in [0, 0.05) is 24.4 Å². The molecule has 144 valence electrons. The maximum Gasteiger partial charge on any atom is 0.233 e. The molecular weight excluding hydrogens is 356 g/mol. The molecule has 2 aromatic carbocycles. The second kappa shape index (κ2) is 9.60. The van der Waals surface area contributed by atoms with E-state index in [4.69, 9.17) is 5.73 Å². The summed E-state index contributed by atoms with van der Waals surface area (Å²) in [5.41, 5.74) is 11.3. The van der Waals surface area contributed by atoms with Crippen molar-refractivity contribution in [1.82, 2.24) is 4.90 Å². The van der Waals surface area contributed by atoms with Crippen LogP contribution in [0.15, 0.2) is 41.3 Å². The maximum atomic E-state index is 12.9. The fraction of sp³-hybridized carbons (Fsp3) is 0.364. The summed E-state index contributed by atoms with van der Waals surface area (Å²) in [5.74, 6) is -0.0338. The summed E-state index contributed by atoms with van der Waals surface area (Å²) in [5, 5.41) is 0. The number of nitrogens with zero attached hydrogens (tertiary/aromatic N) is 1. The highest BCUT2D eigenvalue weighted by Gasteiger charge is 2.17. The number of amides is 2. The minimum Gasteiger partial charge on any atom is -0.370 e. The molecule has 0 atom stereocenters. The van der Waals surface area contributed by atoms with Crippen molar-refractivity contribution >= 4 is 23.6 Å². The fourth-order valence-corrected chi connectivity index (χ4v) is 4.17. The average molecular weight is 385 g/mol. The smallest absolute Gasteiger partial charge is 0.233 e. The highest BCUT2D eigenvalue weighted by atomic mass is 32.2. The second-order valence-electron chi connectivity index (χ2n) is 6.90. The number of benzene rings is 2. The number of thioether (sulfide) groups is 1. The molecule has 0 aliphatic heterocycles. The van der Waals surface area contributed by atoms with E-state index in [0.717, 1.165) is 5.56 Å². The quantitative estimate of drug-likeness (QED) is 0.702. The molecule has 0 spiro atoms. The number of hydrogen-bond donors (Lipinski definition) is 1. The third-order valence-electron chi connectivity index (χ3n) is 4.83. The highest BCUT2D eigenvalue weighted by molar-refractivity contribution is 8.00. The van der Waals surface area contributed by atoms with Gasteiger partial charge in [0.05, 0.1) is 5.75 Å². The van der Waals surface area contributed by atoms with Gasteiger partial charge in [-0.1, -0.05) is 36.4 Å². The zero-order valence-corrected chi connectivity index (χ0v) is 17.4. The summed E-state index contributed by atoms with van der Waals surface area (Å²) >= 11 is 1.58. The molecule has 0 bridgehead atoms. The number of carbonyl (C=O) groups is 2. The molecule has 2 amide bonds. The number of rotatable bonds is 8. The Hall–Kier alpha value is -2.27. The van der Waals surface area contributed by atoms with E-state index < -0.39 is 5.91 Å². The Morgan fingerprint density at radius 1 is 1.00 bits per heavy atom. The van der Waals surface area contributed by atoms with Gasteiger partial charge >= 0.3 is 0 Å². The molecule has 0 aliphatic carbocycles. The van der Waals surface area contributed by atoms with Crippen LogP contribution in [0.25, 0.3) is 0 Å². The van der Waals surface area contributed by atoms with Gasteiger partial charge in [0.25, 0.3) is 0 Å². The summed E-state index contributed by atoms with van der Waals surface area (Å²) in [7, 11) is 0. The van der Waals surface area contributed by atoms with Gasteiger partial charge < -0.3 is 10.6 Å². The lowest BCUT2D eigenvalue weighted by molar-refractivity contribution is -0.129. The number of nitrogens with two attached hydrogens (primary N) is 1. The molecule has 0 aliphatic rings. The van der Waals surface area contributed by atoms with E-state index >= 15 is 0 Å². The fourth-order valence-electron chi connectivity index (χ4n) is 2.96. The topological polar surface area (TPSA) is 63.4 Å². The third kappa shape index (κ3) is 5.86. The molecule has 0 heterocycles. The third-order valence-corrected chi connectivity index (χ3v) is 6.13. The maximum absolute atomic E-state index is 12.9. The van der Waals surface area contributed by atoms with E-state index in [-0.39, 0.29) is 12.3 Å². The molecular formula is C22H28N2O2S. The van der Waals surface area contributed by atoms with Crippen molar-refractivity contribution < 1.29 is 9.59 Å². The largest absolute Gasteiger partial charge is 0.370 e. The summed E-state index contributed by atoms with van der Waals surface area (Å²) in [4.78, 5) is 27.0. The molecule has 2 aromatic rings. The minimum absolute atomic E-state index is 0.0167. The van der Waals surface area contributed by atoms with Crippen LogP contribution in [-0.4, -0.2) is 29.0 Å². The van der Waals surface area contributed by atoms with Crippen LogP contribution in [0.4, 0.5) is 0 Å². The van der Waals surface area contributed by atoms with E-state index in [9.17, 15) is 9.59 Å². The van der Waals surface area contributed by atoms with Crippen LogP contribution in [0.2, 0.25) is 0 Å². The minimum atomic E-state index is -0.394. The number of carbonyl (C=O) groups excluding carboxylic acids is 2. The molecule has 2 N–H and O–H groups in total. The first-order chi connectivity index (χ1) is 12.8. The molecule has 0 aromatic heterocycles. The molecule has 0 fully saturated rings. The van der Waals surface area contributed by atoms with Crippen LogP contribution >= 0.6 is 11.8 Å². The summed E-state index contributed by atoms with van der Waals surface area (Å²) in [6, 6.07) is 12.0. The number of aryl methyl sites for hydroxylation is 2. The zero-order valence-electron chi connectivity index (χ0n) is 16.5. The lowest BCUT2D eigenvalue weighted by Crippen LogP contribution is -2.34. The zero-order chi connectivity index (χ0) is 20.0.